The van der Waals surface area contributed by atoms with Crippen molar-refractivity contribution >= 4 is 11.6 Å². The van der Waals surface area contributed by atoms with E-state index in [1.54, 1.807) is 0 Å². The van der Waals surface area contributed by atoms with Gasteiger partial charge in [-0.2, -0.15) is 0 Å². The molecule has 5 nitrogen and oxygen atoms in total. The Morgan fingerprint density at radius 3 is 2.81 bits per heavy atom. The largest absolute Gasteiger partial charge is 0.341 e. The smallest absolute Gasteiger partial charge is 0.255 e. The van der Waals surface area contributed by atoms with E-state index in [9.17, 15) is 4.79 Å². The number of hydrogen-bond acceptors (Lipinski definition) is 3. The third kappa shape index (κ3) is 2.91. The quantitative estimate of drug-likeness (QED) is 0.871. The maximum absolute atomic E-state index is 12.6. The number of carbonyl (C=O) groups is 1. The van der Waals surface area contributed by atoms with E-state index < -0.39 is 0 Å². The van der Waals surface area contributed by atoms with Crippen molar-refractivity contribution in [2.24, 2.45) is 5.92 Å². The normalized spacial score (nSPS) is 16.3. The minimum atomic E-state index is 0.0792. The molecule has 0 spiro atoms. The average Bonchev–Trinajstić information content (AvgIpc) is 2.88. The molecule has 0 bridgehead atoms. The van der Waals surface area contributed by atoms with Crippen LogP contribution >= 0.6 is 0 Å². The maximum atomic E-state index is 12.6. The number of pyridine rings is 1. The number of aryl methyl sites for hydroxylation is 1. The third-order valence-corrected chi connectivity index (χ3v) is 4.42. The van der Waals surface area contributed by atoms with E-state index in [-0.39, 0.29) is 5.91 Å². The Balaban J connectivity index is 1.74. The second-order valence-electron chi connectivity index (χ2n) is 6.08. The number of fused-ring (bicyclic) bond motifs is 1. The molecule has 1 saturated carbocycles. The van der Waals surface area contributed by atoms with Gasteiger partial charge in [0.15, 0.2) is 5.65 Å². The Hall–Kier alpha value is -1.91. The third-order valence-electron chi connectivity index (χ3n) is 4.42. The molecule has 0 N–H and O–H groups in total. The Labute approximate surface area is 125 Å². The molecule has 2 heterocycles. The highest BCUT2D eigenvalue weighted by Gasteiger charge is 2.19. The summed E-state index contributed by atoms with van der Waals surface area (Å²) in [5.41, 5.74) is 1.47. The molecule has 0 atom stereocenters. The monoisotopic (exact) mass is 286 g/mol. The fraction of sp³-hybridized carbons (Fsp3) is 0.562. The van der Waals surface area contributed by atoms with E-state index in [1.807, 2.05) is 41.6 Å². The van der Waals surface area contributed by atoms with Gasteiger partial charge in [-0.25, -0.2) is 0 Å². The lowest BCUT2D eigenvalue weighted by molar-refractivity contribution is 0.0760. The number of amides is 1. The Kier molecular flexibility index (Phi) is 3.90. The fourth-order valence-corrected chi connectivity index (χ4v) is 3.19. The first-order valence-electron chi connectivity index (χ1n) is 7.72. The zero-order valence-corrected chi connectivity index (χ0v) is 12.7. The van der Waals surface area contributed by atoms with Crippen molar-refractivity contribution in [3.63, 3.8) is 0 Å². The molecule has 3 rings (SSSR count). The van der Waals surface area contributed by atoms with Gasteiger partial charge < -0.3 is 4.90 Å². The van der Waals surface area contributed by atoms with Crippen molar-refractivity contribution in [2.45, 2.75) is 39.0 Å². The number of carbonyl (C=O) groups excluding carboxylic acids is 1. The summed E-state index contributed by atoms with van der Waals surface area (Å²) in [6.07, 6.45) is 8.29. The molecule has 1 fully saturated rings. The summed E-state index contributed by atoms with van der Waals surface area (Å²) in [4.78, 5) is 14.4. The van der Waals surface area contributed by atoms with Crippen molar-refractivity contribution in [3.8, 4) is 0 Å². The molecule has 0 aliphatic heterocycles. The summed E-state index contributed by atoms with van der Waals surface area (Å²) >= 11 is 0. The molecule has 0 aromatic carbocycles. The topological polar surface area (TPSA) is 50.5 Å². The van der Waals surface area contributed by atoms with Gasteiger partial charge in [0.1, 0.15) is 5.82 Å². The van der Waals surface area contributed by atoms with Gasteiger partial charge in [0.05, 0.1) is 5.56 Å². The molecule has 2 aromatic rings. The number of aromatic nitrogens is 3. The van der Waals surface area contributed by atoms with Crippen LogP contribution in [0.25, 0.3) is 5.65 Å². The molecule has 0 saturated heterocycles. The first-order chi connectivity index (χ1) is 10.1. The number of rotatable bonds is 3. The molecule has 112 valence electrons. The zero-order chi connectivity index (χ0) is 14.8. The van der Waals surface area contributed by atoms with Crippen molar-refractivity contribution in [3.05, 3.63) is 29.7 Å². The standard InChI is InChI=1S/C16H22N4O/c1-12-17-18-15-9-8-14(11-20(12)15)16(21)19(2)10-13-6-4-3-5-7-13/h8-9,11,13H,3-7,10H2,1-2H3. The van der Waals surface area contributed by atoms with E-state index in [4.69, 9.17) is 0 Å². The van der Waals surface area contributed by atoms with Gasteiger partial charge in [0.2, 0.25) is 0 Å². The van der Waals surface area contributed by atoms with Gasteiger partial charge in [-0.1, -0.05) is 19.3 Å². The Morgan fingerprint density at radius 2 is 2.05 bits per heavy atom. The molecule has 1 aliphatic rings. The maximum Gasteiger partial charge on any atom is 0.255 e. The predicted molar refractivity (Wildman–Crippen MR) is 81.3 cm³/mol. The highest BCUT2D eigenvalue weighted by Crippen LogP contribution is 2.24. The van der Waals surface area contributed by atoms with Gasteiger partial charge in [-0.15, -0.1) is 10.2 Å². The Bertz CT molecular complexity index is 643. The number of nitrogens with zero attached hydrogens (tertiary/aromatic N) is 4. The summed E-state index contributed by atoms with van der Waals surface area (Å²) < 4.78 is 1.86. The molecule has 5 heteroatoms. The summed E-state index contributed by atoms with van der Waals surface area (Å²) in [7, 11) is 1.90. The summed E-state index contributed by atoms with van der Waals surface area (Å²) in [5, 5.41) is 8.07. The molecular weight excluding hydrogens is 264 g/mol. The fourth-order valence-electron chi connectivity index (χ4n) is 3.19. The second-order valence-corrected chi connectivity index (χ2v) is 6.08. The van der Waals surface area contributed by atoms with Crippen molar-refractivity contribution in [1.29, 1.82) is 0 Å². The molecular formula is C16H22N4O. The minimum Gasteiger partial charge on any atom is -0.341 e. The highest BCUT2D eigenvalue weighted by atomic mass is 16.2. The zero-order valence-electron chi connectivity index (χ0n) is 12.7. The van der Waals surface area contributed by atoms with Crippen molar-refractivity contribution in [1.82, 2.24) is 19.5 Å². The van der Waals surface area contributed by atoms with Crippen LogP contribution in [0.2, 0.25) is 0 Å². The van der Waals surface area contributed by atoms with Crippen LogP contribution in [-0.4, -0.2) is 39.0 Å². The van der Waals surface area contributed by atoms with Crippen LogP contribution in [0.3, 0.4) is 0 Å². The van der Waals surface area contributed by atoms with Gasteiger partial charge in [-0.05, 0) is 37.8 Å². The Morgan fingerprint density at radius 1 is 1.29 bits per heavy atom. The van der Waals surface area contributed by atoms with Crippen LogP contribution < -0.4 is 0 Å². The van der Waals surface area contributed by atoms with Crippen LogP contribution in [0, 0.1) is 12.8 Å². The van der Waals surface area contributed by atoms with Crippen LogP contribution in [0.5, 0.6) is 0 Å². The van der Waals surface area contributed by atoms with E-state index in [0.717, 1.165) is 18.0 Å². The molecule has 0 radical (unpaired) electrons. The molecule has 21 heavy (non-hydrogen) atoms. The average molecular weight is 286 g/mol. The molecule has 2 aromatic heterocycles. The first-order valence-corrected chi connectivity index (χ1v) is 7.72. The van der Waals surface area contributed by atoms with Gasteiger partial charge in [-0.3, -0.25) is 9.20 Å². The van der Waals surface area contributed by atoms with E-state index >= 15 is 0 Å². The van der Waals surface area contributed by atoms with Crippen LogP contribution in [0.1, 0.15) is 48.3 Å². The van der Waals surface area contributed by atoms with Crippen molar-refractivity contribution < 1.29 is 4.79 Å². The molecule has 1 amide bonds. The van der Waals surface area contributed by atoms with E-state index in [1.165, 1.54) is 32.1 Å². The van der Waals surface area contributed by atoms with Gasteiger partial charge in [0, 0.05) is 19.8 Å². The SMILES string of the molecule is Cc1nnc2ccc(C(=O)N(C)CC3CCCCC3)cn12. The van der Waals surface area contributed by atoms with Gasteiger partial charge >= 0.3 is 0 Å². The predicted octanol–water partition coefficient (Wildman–Crippen LogP) is 2.69. The summed E-state index contributed by atoms with van der Waals surface area (Å²) in [6, 6.07) is 3.69. The van der Waals surface area contributed by atoms with Crippen LogP contribution in [0.15, 0.2) is 18.3 Å². The summed E-state index contributed by atoms with van der Waals surface area (Å²) in [6.45, 7) is 2.75. The van der Waals surface area contributed by atoms with Crippen LogP contribution in [0.4, 0.5) is 0 Å². The lowest BCUT2D eigenvalue weighted by atomic mass is 9.89. The first kappa shape index (κ1) is 14.0. The summed E-state index contributed by atoms with van der Waals surface area (Å²) in [5.74, 6) is 1.54. The van der Waals surface area contributed by atoms with Crippen LogP contribution in [-0.2, 0) is 0 Å². The second kappa shape index (κ2) is 5.84. The number of hydrogen-bond donors (Lipinski definition) is 0. The van der Waals surface area contributed by atoms with Crippen molar-refractivity contribution in [2.75, 3.05) is 13.6 Å². The van der Waals surface area contributed by atoms with E-state index in [0.29, 0.717) is 11.5 Å². The highest BCUT2D eigenvalue weighted by molar-refractivity contribution is 5.94. The lowest BCUT2D eigenvalue weighted by Crippen LogP contribution is -2.32. The van der Waals surface area contributed by atoms with Gasteiger partial charge in [0.25, 0.3) is 5.91 Å². The minimum absolute atomic E-state index is 0.0792. The molecule has 0 unspecified atom stereocenters. The molecule has 1 aliphatic carbocycles. The lowest BCUT2D eigenvalue weighted by Gasteiger charge is -2.27. The van der Waals surface area contributed by atoms with E-state index in [2.05, 4.69) is 10.2 Å².